The average molecular weight is 461 g/mol. The normalized spacial score (nSPS) is 18.7. The van der Waals surface area contributed by atoms with E-state index in [2.05, 4.69) is 4.90 Å². The number of piperazine rings is 1. The molecule has 0 bridgehead atoms. The molecule has 6 nitrogen and oxygen atoms in total. The predicted molar refractivity (Wildman–Crippen MR) is 120 cm³/mol. The van der Waals surface area contributed by atoms with Crippen LogP contribution in [0.3, 0.4) is 0 Å². The van der Waals surface area contributed by atoms with Crippen LogP contribution < -0.4 is 4.90 Å². The fourth-order valence-corrected chi connectivity index (χ4v) is 6.83. The van der Waals surface area contributed by atoms with Crippen molar-refractivity contribution in [1.82, 2.24) is 14.1 Å². The Morgan fingerprint density at radius 2 is 1.71 bits per heavy atom. The molecule has 3 aromatic rings. The van der Waals surface area contributed by atoms with E-state index in [9.17, 15) is 12.8 Å². The van der Waals surface area contributed by atoms with Gasteiger partial charge in [-0.25, -0.2) is 12.8 Å². The van der Waals surface area contributed by atoms with Gasteiger partial charge < -0.3 is 4.90 Å². The Balaban J connectivity index is 1.41. The van der Waals surface area contributed by atoms with Crippen molar-refractivity contribution >= 4 is 27.0 Å². The average Bonchev–Trinajstić information content (AvgIpc) is 3.55. The van der Waals surface area contributed by atoms with E-state index in [4.69, 9.17) is 5.10 Å². The third-order valence-electron chi connectivity index (χ3n) is 6.20. The largest absolute Gasteiger partial charge is 0.369 e. The molecule has 1 aliphatic carbocycles. The Morgan fingerprint density at radius 1 is 1.00 bits per heavy atom. The molecule has 0 spiro atoms. The molecule has 2 aromatic heterocycles. The van der Waals surface area contributed by atoms with Gasteiger partial charge in [-0.15, -0.1) is 11.3 Å². The van der Waals surface area contributed by atoms with Gasteiger partial charge in [0.25, 0.3) is 0 Å². The van der Waals surface area contributed by atoms with Gasteiger partial charge in [-0.2, -0.15) is 9.40 Å². The first-order valence-corrected chi connectivity index (χ1v) is 13.0. The van der Waals surface area contributed by atoms with Crippen LogP contribution in [-0.2, 0) is 10.0 Å². The maximum absolute atomic E-state index is 13.6. The minimum Gasteiger partial charge on any atom is -0.369 e. The quantitative estimate of drug-likeness (QED) is 0.567. The molecule has 1 saturated heterocycles. The van der Waals surface area contributed by atoms with E-state index in [1.54, 1.807) is 22.6 Å². The molecule has 5 rings (SSSR count). The summed E-state index contributed by atoms with van der Waals surface area (Å²) < 4.78 is 43.9. The first kappa shape index (κ1) is 20.7. The Bertz CT molecular complexity index is 1130. The highest BCUT2D eigenvalue weighted by Crippen LogP contribution is 2.36. The Morgan fingerprint density at radius 3 is 2.35 bits per heavy atom. The number of hydrogen-bond acceptors (Lipinski definition) is 5. The van der Waals surface area contributed by atoms with E-state index in [0.29, 0.717) is 36.8 Å². The molecule has 0 atom stereocenters. The zero-order valence-corrected chi connectivity index (χ0v) is 18.8. The summed E-state index contributed by atoms with van der Waals surface area (Å²) in [5.41, 5.74) is 1.47. The summed E-state index contributed by atoms with van der Waals surface area (Å²) in [7, 11) is -3.67. The molecule has 0 N–H and O–H groups in total. The van der Waals surface area contributed by atoms with Crippen LogP contribution in [-0.4, -0.2) is 48.7 Å². The molecule has 2 fully saturated rings. The molecule has 3 heterocycles. The van der Waals surface area contributed by atoms with Crippen molar-refractivity contribution in [3.05, 3.63) is 53.8 Å². The number of sulfonamides is 1. The van der Waals surface area contributed by atoms with Crippen molar-refractivity contribution in [2.45, 2.75) is 36.6 Å². The molecular formula is C22H25FN4O2S2. The van der Waals surface area contributed by atoms with Gasteiger partial charge in [0, 0.05) is 38.1 Å². The predicted octanol–water partition coefficient (Wildman–Crippen LogP) is 4.38. The van der Waals surface area contributed by atoms with E-state index < -0.39 is 10.0 Å². The number of halogens is 1. The standard InChI is InChI=1S/C22H25FN4O2S2/c23-17-7-9-18(10-8-17)25-11-13-26(14-12-25)31(28,29)21-16-27(19-4-1-2-5-19)24-22(21)20-6-3-15-30-20/h3,6-10,15-16,19H,1-2,4-5,11-14H2. The summed E-state index contributed by atoms with van der Waals surface area (Å²) >= 11 is 1.51. The number of aromatic nitrogens is 2. The summed E-state index contributed by atoms with van der Waals surface area (Å²) in [6.45, 7) is 1.91. The van der Waals surface area contributed by atoms with Crippen molar-refractivity contribution in [1.29, 1.82) is 0 Å². The molecular weight excluding hydrogens is 435 g/mol. The number of benzene rings is 1. The monoisotopic (exact) mass is 460 g/mol. The van der Waals surface area contributed by atoms with Crippen molar-refractivity contribution in [2.24, 2.45) is 0 Å². The van der Waals surface area contributed by atoms with Crippen LogP contribution in [0.5, 0.6) is 0 Å². The molecule has 164 valence electrons. The highest BCUT2D eigenvalue weighted by atomic mass is 32.2. The minimum absolute atomic E-state index is 0.273. The van der Waals surface area contributed by atoms with E-state index >= 15 is 0 Å². The Hall–Kier alpha value is -2.23. The zero-order valence-electron chi connectivity index (χ0n) is 17.2. The molecule has 0 radical (unpaired) electrons. The molecule has 31 heavy (non-hydrogen) atoms. The summed E-state index contributed by atoms with van der Waals surface area (Å²) in [5.74, 6) is -0.273. The first-order chi connectivity index (χ1) is 15.0. The van der Waals surface area contributed by atoms with Gasteiger partial charge in [-0.3, -0.25) is 4.68 Å². The molecule has 1 aliphatic heterocycles. The van der Waals surface area contributed by atoms with Crippen LogP contribution in [0, 0.1) is 5.82 Å². The van der Waals surface area contributed by atoms with Crippen molar-refractivity contribution in [3.8, 4) is 10.6 Å². The lowest BCUT2D eigenvalue weighted by molar-refractivity contribution is 0.384. The Kier molecular flexibility index (Phi) is 5.58. The topological polar surface area (TPSA) is 58.4 Å². The summed E-state index contributed by atoms with van der Waals surface area (Å²) in [5, 5.41) is 6.69. The summed E-state index contributed by atoms with van der Waals surface area (Å²) in [6, 6.07) is 10.5. The SMILES string of the molecule is O=S(=O)(c1cn(C2CCCC2)nc1-c1cccs1)N1CCN(c2ccc(F)cc2)CC1. The van der Waals surface area contributed by atoms with E-state index in [1.165, 1.54) is 23.5 Å². The second-order valence-corrected chi connectivity index (χ2v) is 11.0. The summed E-state index contributed by atoms with van der Waals surface area (Å²) in [4.78, 5) is 3.27. The van der Waals surface area contributed by atoms with Gasteiger partial charge in [-0.05, 0) is 48.6 Å². The second-order valence-electron chi connectivity index (χ2n) is 8.11. The van der Waals surface area contributed by atoms with Crippen LogP contribution in [0.1, 0.15) is 31.7 Å². The molecule has 2 aliphatic rings. The van der Waals surface area contributed by atoms with Gasteiger partial charge in [0.05, 0.1) is 10.9 Å². The van der Waals surface area contributed by atoms with Gasteiger partial charge in [0.1, 0.15) is 16.4 Å². The molecule has 0 unspecified atom stereocenters. The van der Waals surface area contributed by atoms with Gasteiger partial charge >= 0.3 is 0 Å². The lowest BCUT2D eigenvalue weighted by atomic mass is 10.2. The lowest BCUT2D eigenvalue weighted by Gasteiger charge is -2.35. The fourth-order valence-electron chi connectivity index (χ4n) is 4.48. The first-order valence-electron chi connectivity index (χ1n) is 10.7. The van der Waals surface area contributed by atoms with Crippen LogP contribution in [0.4, 0.5) is 10.1 Å². The van der Waals surface area contributed by atoms with Crippen LogP contribution in [0.15, 0.2) is 52.9 Å². The molecule has 1 saturated carbocycles. The highest BCUT2D eigenvalue weighted by Gasteiger charge is 2.34. The van der Waals surface area contributed by atoms with Gasteiger partial charge in [0.2, 0.25) is 10.0 Å². The number of thiophene rings is 1. The zero-order chi connectivity index (χ0) is 21.4. The maximum Gasteiger partial charge on any atom is 0.246 e. The van der Waals surface area contributed by atoms with Gasteiger partial charge in [0.15, 0.2) is 0 Å². The van der Waals surface area contributed by atoms with E-state index in [0.717, 1.165) is 36.2 Å². The Labute approximate surface area is 186 Å². The number of anilines is 1. The summed E-state index contributed by atoms with van der Waals surface area (Å²) in [6.07, 6.45) is 6.15. The highest BCUT2D eigenvalue weighted by molar-refractivity contribution is 7.89. The fraction of sp³-hybridized carbons (Fsp3) is 0.409. The number of rotatable bonds is 5. The third kappa shape index (κ3) is 4.02. The minimum atomic E-state index is -3.67. The van der Waals surface area contributed by atoms with Crippen molar-refractivity contribution < 1.29 is 12.8 Å². The molecule has 1 aromatic carbocycles. The smallest absolute Gasteiger partial charge is 0.246 e. The van der Waals surface area contributed by atoms with Crippen molar-refractivity contribution in [3.63, 3.8) is 0 Å². The lowest BCUT2D eigenvalue weighted by Crippen LogP contribution is -2.48. The van der Waals surface area contributed by atoms with E-state index in [-0.39, 0.29) is 11.9 Å². The third-order valence-corrected chi connectivity index (χ3v) is 8.98. The maximum atomic E-state index is 13.6. The molecule has 9 heteroatoms. The van der Waals surface area contributed by atoms with Crippen LogP contribution in [0.25, 0.3) is 10.6 Å². The van der Waals surface area contributed by atoms with E-state index in [1.807, 2.05) is 22.2 Å². The second kappa shape index (κ2) is 8.37. The molecule has 0 amide bonds. The van der Waals surface area contributed by atoms with Crippen molar-refractivity contribution in [2.75, 3.05) is 31.1 Å². The number of hydrogen-bond donors (Lipinski definition) is 0. The van der Waals surface area contributed by atoms with Crippen LogP contribution >= 0.6 is 11.3 Å². The number of nitrogens with zero attached hydrogens (tertiary/aromatic N) is 4. The van der Waals surface area contributed by atoms with Gasteiger partial charge in [-0.1, -0.05) is 18.9 Å². The van der Waals surface area contributed by atoms with Crippen LogP contribution in [0.2, 0.25) is 0 Å².